The lowest BCUT2D eigenvalue weighted by Gasteiger charge is -2.18. The van der Waals surface area contributed by atoms with E-state index in [2.05, 4.69) is 13.8 Å². The molecule has 2 unspecified atom stereocenters. The van der Waals surface area contributed by atoms with Gasteiger partial charge in [-0.1, -0.05) is 27.2 Å². The molecule has 0 radical (unpaired) electrons. The Morgan fingerprint density at radius 2 is 1.92 bits per heavy atom. The summed E-state index contributed by atoms with van der Waals surface area (Å²) in [6, 6.07) is -0.608. The molecule has 0 aliphatic heterocycles. The van der Waals surface area contributed by atoms with Crippen molar-refractivity contribution in [2.75, 3.05) is 0 Å². The zero-order valence-corrected chi connectivity index (χ0v) is 8.58. The van der Waals surface area contributed by atoms with E-state index in [0.717, 1.165) is 12.8 Å². The van der Waals surface area contributed by atoms with E-state index in [-0.39, 0.29) is 5.92 Å². The van der Waals surface area contributed by atoms with Crippen molar-refractivity contribution < 1.29 is 10.0 Å². The molecule has 1 amide bonds. The molecule has 4 N–H and O–H groups in total. The SMILES string of the molecule is CC(C)CCC(C)C(N)C(=O)NO. The van der Waals surface area contributed by atoms with Gasteiger partial charge in [0.15, 0.2) is 0 Å². The van der Waals surface area contributed by atoms with Gasteiger partial charge < -0.3 is 5.73 Å². The van der Waals surface area contributed by atoms with Crippen LogP contribution in [0.1, 0.15) is 33.6 Å². The quantitative estimate of drug-likeness (QED) is 0.443. The molecule has 0 bridgehead atoms. The van der Waals surface area contributed by atoms with Gasteiger partial charge in [-0.25, -0.2) is 5.48 Å². The Balaban J connectivity index is 3.82. The largest absolute Gasteiger partial charge is 0.320 e. The van der Waals surface area contributed by atoms with E-state index < -0.39 is 11.9 Å². The van der Waals surface area contributed by atoms with E-state index in [1.807, 2.05) is 6.92 Å². The van der Waals surface area contributed by atoms with Crippen molar-refractivity contribution >= 4 is 5.91 Å². The van der Waals surface area contributed by atoms with E-state index in [1.54, 1.807) is 5.48 Å². The Kier molecular flexibility index (Phi) is 5.66. The van der Waals surface area contributed by atoms with Crippen molar-refractivity contribution in [2.45, 2.75) is 39.7 Å². The molecule has 4 heteroatoms. The van der Waals surface area contributed by atoms with Crippen LogP contribution in [0.2, 0.25) is 0 Å². The smallest absolute Gasteiger partial charge is 0.260 e. The van der Waals surface area contributed by atoms with Gasteiger partial charge >= 0.3 is 0 Å². The first-order chi connectivity index (χ1) is 5.99. The van der Waals surface area contributed by atoms with Crippen LogP contribution in [0.25, 0.3) is 0 Å². The van der Waals surface area contributed by atoms with Crippen LogP contribution in [-0.4, -0.2) is 17.2 Å². The van der Waals surface area contributed by atoms with Crippen molar-refractivity contribution in [1.29, 1.82) is 0 Å². The van der Waals surface area contributed by atoms with Crippen LogP contribution >= 0.6 is 0 Å². The van der Waals surface area contributed by atoms with E-state index in [1.165, 1.54) is 0 Å². The van der Waals surface area contributed by atoms with Gasteiger partial charge in [0.25, 0.3) is 5.91 Å². The molecule has 0 saturated heterocycles. The third-order valence-corrected chi connectivity index (χ3v) is 2.23. The van der Waals surface area contributed by atoms with Crippen molar-refractivity contribution in [3.63, 3.8) is 0 Å². The second-order valence-electron chi connectivity index (χ2n) is 3.95. The van der Waals surface area contributed by atoms with Gasteiger partial charge in [-0.2, -0.15) is 0 Å². The molecule has 2 atom stereocenters. The highest BCUT2D eigenvalue weighted by molar-refractivity contribution is 5.80. The fraction of sp³-hybridized carbons (Fsp3) is 0.889. The van der Waals surface area contributed by atoms with E-state index in [0.29, 0.717) is 5.92 Å². The highest BCUT2D eigenvalue weighted by Gasteiger charge is 2.19. The average Bonchev–Trinajstić information content (AvgIpc) is 2.11. The second kappa shape index (κ2) is 5.94. The minimum atomic E-state index is -0.608. The summed E-state index contributed by atoms with van der Waals surface area (Å²) in [7, 11) is 0. The summed E-state index contributed by atoms with van der Waals surface area (Å²) in [6.45, 7) is 6.18. The number of nitrogens with one attached hydrogen (secondary N) is 1. The van der Waals surface area contributed by atoms with Crippen LogP contribution in [0.4, 0.5) is 0 Å². The normalized spacial score (nSPS) is 15.5. The first-order valence-electron chi connectivity index (χ1n) is 4.68. The molecular weight excluding hydrogens is 168 g/mol. The van der Waals surface area contributed by atoms with Gasteiger partial charge in [0.1, 0.15) is 0 Å². The number of carbonyl (C=O) groups is 1. The molecule has 0 rings (SSSR count). The molecule has 4 nitrogen and oxygen atoms in total. The molecule has 0 spiro atoms. The second-order valence-corrected chi connectivity index (χ2v) is 3.95. The number of nitrogens with two attached hydrogens (primary N) is 1. The lowest BCUT2D eigenvalue weighted by molar-refractivity contribution is -0.131. The van der Waals surface area contributed by atoms with Crippen molar-refractivity contribution in [3.05, 3.63) is 0 Å². The molecule has 0 aliphatic carbocycles. The predicted molar refractivity (Wildman–Crippen MR) is 51.1 cm³/mol. The van der Waals surface area contributed by atoms with Crippen LogP contribution in [-0.2, 0) is 4.79 Å². The lowest BCUT2D eigenvalue weighted by Crippen LogP contribution is -2.43. The zero-order chi connectivity index (χ0) is 10.4. The first kappa shape index (κ1) is 12.4. The fourth-order valence-electron chi connectivity index (χ4n) is 1.11. The standard InChI is InChI=1S/C9H20N2O2/c1-6(2)4-5-7(3)8(10)9(12)11-13/h6-8,13H,4-5,10H2,1-3H3,(H,11,12). The Labute approximate surface area is 79.5 Å². The van der Waals surface area contributed by atoms with Crippen molar-refractivity contribution in [3.8, 4) is 0 Å². The third kappa shape index (κ3) is 4.85. The van der Waals surface area contributed by atoms with Gasteiger partial charge in [0, 0.05) is 0 Å². The number of amides is 1. The summed E-state index contributed by atoms with van der Waals surface area (Å²) in [5, 5.41) is 8.35. The third-order valence-electron chi connectivity index (χ3n) is 2.23. The molecule has 0 heterocycles. The van der Waals surface area contributed by atoms with Crippen LogP contribution in [0.5, 0.6) is 0 Å². The summed E-state index contributed by atoms with van der Waals surface area (Å²) in [4.78, 5) is 10.9. The van der Waals surface area contributed by atoms with Gasteiger partial charge in [0.2, 0.25) is 0 Å². The average molecular weight is 188 g/mol. The predicted octanol–water partition coefficient (Wildman–Crippen LogP) is 0.891. The fourth-order valence-corrected chi connectivity index (χ4v) is 1.11. The Morgan fingerprint density at radius 1 is 1.38 bits per heavy atom. The zero-order valence-electron chi connectivity index (χ0n) is 8.58. The maximum absolute atomic E-state index is 10.9. The summed E-state index contributed by atoms with van der Waals surface area (Å²) in [5.41, 5.74) is 7.15. The summed E-state index contributed by atoms with van der Waals surface area (Å²) in [5.74, 6) is 0.220. The number of hydrogen-bond donors (Lipinski definition) is 3. The van der Waals surface area contributed by atoms with E-state index in [4.69, 9.17) is 10.9 Å². The van der Waals surface area contributed by atoms with Crippen molar-refractivity contribution in [2.24, 2.45) is 17.6 Å². The molecule has 0 aromatic carbocycles. The van der Waals surface area contributed by atoms with Gasteiger partial charge in [-0.05, 0) is 18.3 Å². The highest BCUT2D eigenvalue weighted by atomic mass is 16.5. The Hall–Kier alpha value is -0.610. The highest BCUT2D eigenvalue weighted by Crippen LogP contribution is 2.13. The summed E-state index contributed by atoms with van der Waals surface area (Å²) < 4.78 is 0. The van der Waals surface area contributed by atoms with Gasteiger partial charge in [0.05, 0.1) is 6.04 Å². The maximum atomic E-state index is 10.9. The molecule has 0 aromatic rings. The lowest BCUT2D eigenvalue weighted by atomic mass is 9.93. The Bertz CT molecular complexity index is 160. The van der Waals surface area contributed by atoms with Crippen LogP contribution in [0.15, 0.2) is 0 Å². The number of hydrogen-bond acceptors (Lipinski definition) is 3. The van der Waals surface area contributed by atoms with E-state index in [9.17, 15) is 4.79 Å². The maximum Gasteiger partial charge on any atom is 0.260 e. The number of hydroxylamine groups is 1. The monoisotopic (exact) mass is 188 g/mol. The van der Waals surface area contributed by atoms with Crippen LogP contribution in [0.3, 0.4) is 0 Å². The molecule has 0 fully saturated rings. The summed E-state index contributed by atoms with van der Waals surface area (Å²) in [6.07, 6.45) is 1.96. The molecular formula is C9H20N2O2. The van der Waals surface area contributed by atoms with Gasteiger partial charge in [-0.15, -0.1) is 0 Å². The van der Waals surface area contributed by atoms with Crippen LogP contribution in [0, 0.1) is 11.8 Å². The van der Waals surface area contributed by atoms with Crippen molar-refractivity contribution in [1.82, 2.24) is 5.48 Å². The molecule has 78 valence electrons. The van der Waals surface area contributed by atoms with Gasteiger partial charge in [-0.3, -0.25) is 10.0 Å². The topological polar surface area (TPSA) is 75.4 Å². The molecule has 0 saturated carbocycles. The molecule has 13 heavy (non-hydrogen) atoms. The molecule has 0 aliphatic rings. The van der Waals surface area contributed by atoms with E-state index >= 15 is 0 Å². The number of carbonyl (C=O) groups excluding carboxylic acids is 1. The Morgan fingerprint density at radius 3 is 2.31 bits per heavy atom. The van der Waals surface area contributed by atoms with Crippen LogP contribution < -0.4 is 11.2 Å². The number of rotatable bonds is 5. The first-order valence-corrected chi connectivity index (χ1v) is 4.68. The summed E-state index contributed by atoms with van der Waals surface area (Å²) >= 11 is 0. The minimum absolute atomic E-state index is 0.106. The minimum Gasteiger partial charge on any atom is -0.320 e. The molecule has 0 aromatic heterocycles.